The lowest BCUT2D eigenvalue weighted by atomic mass is 10.2. The summed E-state index contributed by atoms with van der Waals surface area (Å²) < 4.78 is 48.8. The molecule has 0 amide bonds. The fraction of sp³-hybridized carbons (Fsp3) is 0.182. The SMILES string of the molecule is CC(/C=N/OCc1ccccc1)Oc1ccc(Oc2ccc(C(F)(F)F)cn2)cc1. The number of aromatic nitrogens is 1. The number of pyridine rings is 1. The number of halogens is 3. The summed E-state index contributed by atoms with van der Waals surface area (Å²) in [6.07, 6.45) is -2.49. The summed E-state index contributed by atoms with van der Waals surface area (Å²) in [5.74, 6) is 1.06. The number of nitrogens with zero attached hydrogens (tertiary/aromatic N) is 2. The average Bonchev–Trinajstić information content (AvgIpc) is 2.73. The van der Waals surface area contributed by atoms with Crippen molar-refractivity contribution in [1.82, 2.24) is 4.98 Å². The number of hydrogen-bond donors (Lipinski definition) is 0. The predicted octanol–water partition coefficient (Wildman–Crippen LogP) is 5.86. The van der Waals surface area contributed by atoms with Gasteiger partial charge < -0.3 is 14.3 Å². The molecule has 0 fully saturated rings. The van der Waals surface area contributed by atoms with Gasteiger partial charge in [-0.25, -0.2) is 4.98 Å². The van der Waals surface area contributed by atoms with Gasteiger partial charge in [0.25, 0.3) is 0 Å². The molecule has 30 heavy (non-hydrogen) atoms. The third-order valence-corrected chi connectivity index (χ3v) is 3.85. The second-order valence-electron chi connectivity index (χ2n) is 6.29. The zero-order chi connectivity index (χ0) is 21.4. The number of oxime groups is 1. The molecule has 0 N–H and O–H groups in total. The summed E-state index contributed by atoms with van der Waals surface area (Å²) in [6, 6.07) is 18.4. The molecule has 0 saturated heterocycles. The first-order valence-corrected chi connectivity index (χ1v) is 9.07. The maximum Gasteiger partial charge on any atom is 0.417 e. The van der Waals surface area contributed by atoms with Gasteiger partial charge in [0.1, 0.15) is 24.2 Å². The van der Waals surface area contributed by atoms with Crippen LogP contribution in [0.5, 0.6) is 17.4 Å². The summed E-state index contributed by atoms with van der Waals surface area (Å²) >= 11 is 0. The van der Waals surface area contributed by atoms with E-state index in [0.29, 0.717) is 18.1 Å². The van der Waals surface area contributed by atoms with E-state index < -0.39 is 11.7 Å². The van der Waals surface area contributed by atoms with E-state index >= 15 is 0 Å². The first-order chi connectivity index (χ1) is 14.4. The molecule has 8 heteroatoms. The van der Waals surface area contributed by atoms with Crippen LogP contribution in [0.3, 0.4) is 0 Å². The van der Waals surface area contributed by atoms with E-state index in [2.05, 4.69) is 10.1 Å². The van der Waals surface area contributed by atoms with Gasteiger partial charge >= 0.3 is 6.18 Å². The summed E-state index contributed by atoms with van der Waals surface area (Å²) in [6.45, 7) is 2.18. The van der Waals surface area contributed by atoms with Crippen LogP contribution >= 0.6 is 0 Å². The number of benzene rings is 2. The lowest BCUT2D eigenvalue weighted by Gasteiger charge is -2.11. The maximum absolute atomic E-state index is 12.6. The summed E-state index contributed by atoms with van der Waals surface area (Å²) in [4.78, 5) is 8.91. The van der Waals surface area contributed by atoms with Crippen molar-refractivity contribution in [2.45, 2.75) is 25.8 Å². The van der Waals surface area contributed by atoms with Gasteiger partial charge in [0.05, 0.1) is 11.8 Å². The summed E-state index contributed by atoms with van der Waals surface area (Å²) in [5, 5.41) is 3.90. The van der Waals surface area contributed by atoms with Crippen LogP contribution in [0.2, 0.25) is 0 Å². The molecule has 0 aliphatic rings. The Bertz CT molecular complexity index is 944. The highest BCUT2D eigenvalue weighted by Gasteiger charge is 2.30. The fourth-order valence-electron chi connectivity index (χ4n) is 2.38. The molecule has 0 aliphatic carbocycles. The van der Waals surface area contributed by atoms with E-state index in [1.807, 2.05) is 37.3 Å². The highest BCUT2D eigenvalue weighted by molar-refractivity contribution is 5.62. The van der Waals surface area contributed by atoms with Gasteiger partial charge in [-0.3, -0.25) is 0 Å². The Hall–Kier alpha value is -3.55. The molecule has 5 nitrogen and oxygen atoms in total. The Kier molecular flexibility index (Phi) is 6.90. The average molecular weight is 416 g/mol. The molecule has 0 spiro atoms. The standard InChI is InChI=1S/C22H19F3N2O3/c1-16(13-27-28-15-17-5-3-2-4-6-17)29-19-8-10-20(11-9-19)30-21-12-7-18(14-26-21)22(23,24)25/h2-14,16H,15H2,1H3/b27-13+. The van der Waals surface area contributed by atoms with Crippen LogP contribution in [-0.4, -0.2) is 17.3 Å². The third kappa shape index (κ3) is 6.51. The Balaban J connectivity index is 1.47. The number of ether oxygens (including phenoxy) is 2. The number of alkyl halides is 3. The molecular weight excluding hydrogens is 397 g/mol. The fourth-order valence-corrected chi connectivity index (χ4v) is 2.38. The molecule has 0 saturated carbocycles. The maximum atomic E-state index is 12.6. The van der Waals surface area contributed by atoms with Crippen molar-refractivity contribution in [3.05, 3.63) is 84.1 Å². The second kappa shape index (κ2) is 9.78. The molecular formula is C22H19F3N2O3. The van der Waals surface area contributed by atoms with E-state index in [9.17, 15) is 13.2 Å². The van der Waals surface area contributed by atoms with Gasteiger partial charge in [0.2, 0.25) is 5.88 Å². The second-order valence-corrected chi connectivity index (χ2v) is 6.29. The van der Waals surface area contributed by atoms with Crippen LogP contribution in [0.25, 0.3) is 0 Å². The van der Waals surface area contributed by atoms with Crippen LogP contribution in [-0.2, 0) is 17.6 Å². The Labute approximate surface area is 171 Å². The monoisotopic (exact) mass is 416 g/mol. The van der Waals surface area contributed by atoms with Crippen molar-refractivity contribution < 1.29 is 27.5 Å². The van der Waals surface area contributed by atoms with Crippen molar-refractivity contribution in [1.29, 1.82) is 0 Å². The van der Waals surface area contributed by atoms with Crippen molar-refractivity contribution in [2.75, 3.05) is 0 Å². The topological polar surface area (TPSA) is 52.9 Å². The molecule has 0 aliphatic heterocycles. The molecule has 0 bridgehead atoms. The molecule has 1 unspecified atom stereocenters. The van der Waals surface area contributed by atoms with Crippen molar-refractivity contribution in [2.24, 2.45) is 5.16 Å². The predicted molar refractivity (Wildman–Crippen MR) is 106 cm³/mol. The van der Waals surface area contributed by atoms with Crippen LogP contribution in [0.1, 0.15) is 18.1 Å². The van der Waals surface area contributed by atoms with Crippen LogP contribution < -0.4 is 9.47 Å². The largest absolute Gasteiger partial charge is 0.485 e. The molecule has 1 atom stereocenters. The van der Waals surface area contributed by atoms with E-state index in [1.54, 1.807) is 30.5 Å². The molecule has 2 aromatic carbocycles. The lowest BCUT2D eigenvalue weighted by Crippen LogP contribution is -2.13. The van der Waals surface area contributed by atoms with E-state index in [-0.39, 0.29) is 12.0 Å². The Morgan fingerprint density at radius 2 is 1.67 bits per heavy atom. The van der Waals surface area contributed by atoms with E-state index in [1.165, 1.54) is 6.07 Å². The smallest absolute Gasteiger partial charge is 0.417 e. The molecule has 1 aromatic heterocycles. The Morgan fingerprint density at radius 3 is 2.30 bits per heavy atom. The molecule has 156 valence electrons. The van der Waals surface area contributed by atoms with Gasteiger partial charge in [0.15, 0.2) is 0 Å². The van der Waals surface area contributed by atoms with Crippen LogP contribution in [0, 0.1) is 0 Å². The van der Waals surface area contributed by atoms with E-state index in [4.69, 9.17) is 14.3 Å². The minimum absolute atomic E-state index is 0.0627. The zero-order valence-electron chi connectivity index (χ0n) is 16.0. The van der Waals surface area contributed by atoms with Gasteiger partial charge in [0, 0.05) is 12.3 Å². The first-order valence-electron chi connectivity index (χ1n) is 9.07. The van der Waals surface area contributed by atoms with Crippen molar-refractivity contribution in [3.63, 3.8) is 0 Å². The summed E-state index contributed by atoms with van der Waals surface area (Å²) in [5.41, 5.74) is 0.184. The minimum atomic E-state index is -4.43. The highest BCUT2D eigenvalue weighted by Crippen LogP contribution is 2.30. The highest BCUT2D eigenvalue weighted by atomic mass is 19.4. The molecule has 3 aromatic rings. The van der Waals surface area contributed by atoms with Crippen LogP contribution in [0.4, 0.5) is 13.2 Å². The van der Waals surface area contributed by atoms with Gasteiger partial charge in [-0.05, 0) is 42.8 Å². The van der Waals surface area contributed by atoms with Gasteiger partial charge in [-0.1, -0.05) is 35.5 Å². The normalized spacial score (nSPS) is 12.5. The Morgan fingerprint density at radius 1 is 0.967 bits per heavy atom. The number of hydrogen-bond acceptors (Lipinski definition) is 5. The van der Waals surface area contributed by atoms with Gasteiger partial charge in [-0.2, -0.15) is 13.2 Å². The first kappa shape index (κ1) is 21.2. The quantitative estimate of drug-likeness (QED) is 0.341. The lowest BCUT2D eigenvalue weighted by molar-refractivity contribution is -0.137. The van der Waals surface area contributed by atoms with Gasteiger partial charge in [-0.15, -0.1) is 0 Å². The third-order valence-electron chi connectivity index (χ3n) is 3.85. The summed E-state index contributed by atoms with van der Waals surface area (Å²) in [7, 11) is 0. The molecule has 3 rings (SSSR count). The minimum Gasteiger partial charge on any atom is -0.485 e. The molecule has 1 heterocycles. The zero-order valence-corrected chi connectivity index (χ0v) is 16.0. The van der Waals surface area contributed by atoms with Crippen LogP contribution in [0.15, 0.2) is 78.1 Å². The van der Waals surface area contributed by atoms with E-state index in [0.717, 1.165) is 17.8 Å². The number of rotatable bonds is 8. The molecule has 0 radical (unpaired) electrons. The van der Waals surface area contributed by atoms with Crippen molar-refractivity contribution in [3.8, 4) is 17.4 Å². The van der Waals surface area contributed by atoms with Crippen molar-refractivity contribution >= 4 is 6.21 Å².